The number of carboxylic acids is 1. The quantitative estimate of drug-likeness (QED) is 0.734. The number of fused-ring (bicyclic) bond motifs is 1. The Hall–Kier alpha value is -2.08. The first-order valence-corrected chi connectivity index (χ1v) is 5.40. The van der Waals surface area contributed by atoms with Gasteiger partial charge in [-0.2, -0.15) is 0 Å². The van der Waals surface area contributed by atoms with Crippen LogP contribution in [0.4, 0.5) is 5.69 Å². The number of amides is 1. The first-order valence-electron chi connectivity index (χ1n) is 5.40. The number of anilines is 1. The van der Waals surface area contributed by atoms with Crippen molar-refractivity contribution in [3.05, 3.63) is 23.8 Å². The molecular formula is C12H13NO5. The molecule has 1 aromatic rings. The molecule has 1 heterocycles. The summed E-state index contributed by atoms with van der Waals surface area (Å²) in [5, 5.41) is 21.4. The molecule has 2 rings (SSSR count). The van der Waals surface area contributed by atoms with Gasteiger partial charge in [0.25, 0.3) is 5.91 Å². The van der Waals surface area contributed by atoms with Crippen LogP contribution in [0.3, 0.4) is 0 Å². The number of aliphatic carboxylic acids is 1. The lowest BCUT2D eigenvalue weighted by atomic mass is 9.92. The normalized spacial score (nSPS) is 17.1. The first kappa shape index (κ1) is 12.4. The molecule has 0 spiro atoms. The van der Waals surface area contributed by atoms with Crippen LogP contribution < -0.4 is 10.1 Å². The van der Waals surface area contributed by atoms with Crippen LogP contribution in [0, 0.1) is 0 Å². The number of hydrogen-bond acceptors (Lipinski definition) is 4. The van der Waals surface area contributed by atoms with E-state index in [0.717, 1.165) is 0 Å². The highest BCUT2D eigenvalue weighted by Crippen LogP contribution is 2.33. The number of nitrogens with one attached hydrogen (secondary N) is 1. The molecule has 0 fully saturated rings. The second-order valence-corrected chi connectivity index (χ2v) is 4.39. The van der Waals surface area contributed by atoms with E-state index in [9.17, 15) is 14.7 Å². The lowest BCUT2D eigenvalue weighted by Crippen LogP contribution is -2.28. The molecule has 1 aromatic carbocycles. The van der Waals surface area contributed by atoms with Gasteiger partial charge in [0.1, 0.15) is 5.75 Å². The minimum absolute atomic E-state index is 0.0438. The third kappa shape index (κ3) is 2.43. The van der Waals surface area contributed by atoms with E-state index in [4.69, 9.17) is 9.84 Å². The van der Waals surface area contributed by atoms with E-state index in [1.165, 1.54) is 13.0 Å². The van der Waals surface area contributed by atoms with E-state index in [0.29, 0.717) is 17.0 Å². The Morgan fingerprint density at radius 3 is 2.94 bits per heavy atom. The van der Waals surface area contributed by atoms with Gasteiger partial charge in [0, 0.05) is 0 Å². The van der Waals surface area contributed by atoms with Crippen molar-refractivity contribution in [2.75, 3.05) is 11.9 Å². The molecule has 96 valence electrons. The maximum atomic E-state index is 11.2. The molecule has 1 atom stereocenters. The molecule has 0 aromatic heterocycles. The van der Waals surface area contributed by atoms with Crippen molar-refractivity contribution >= 4 is 17.6 Å². The van der Waals surface area contributed by atoms with E-state index in [1.807, 2.05) is 0 Å². The van der Waals surface area contributed by atoms with Crippen LogP contribution in [0.15, 0.2) is 18.2 Å². The zero-order valence-electron chi connectivity index (χ0n) is 9.77. The van der Waals surface area contributed by atoms with E-state index in [1.54, 1.807) is 12.1 Å². The first-order chi connectivity index (χ1) is 8.38. The Labute approximate surface area is 103 Å². The fourth-order valence-electron chi connectivity index (χ4n) is 1.81. The van der Waals surface area contributed by atoms with Gasteiger partial charge in [0.2, 0.25) is 0 Å². The molecule has 3 N–H and O–H groups in total. The summed E-state index contributed by atoms with van der Waals surface area (Å²) in [6.07, 6.45) is -0.416. The average Bonchev–Trinajstić information content (AvgIpc) is 2.26. The van der Waals surface area contributed by atoms with Gasteiger partial charge in [-0.05, 0) is 24.6 Å². The number of carboxylic acid groups (broad SMARTS) is 1. The summed E-state index contributed by atoms with van der Waals surface area (Å²) < 4.78 is 5.17. The number of hydrogen-bond donors (Lipinski definition) is 3. The second kappa shape index (κ2) is 4.30. The number of aliphatic hydroxyl groups is 1. The molecule has 0 saturated heterocycles. The molecule has 18 heavy (non-hydrogen) atoms. The van der Waals surface area contributed by atoms with Crippen LogP contribution >= 0.6 is 0 Å². The predicted molar refractivity (Wildman–Crippen MR) is 62.4 cm³/mol. The number of benzene rings is 1. The maximum absolute atomic E-state index is 11.2. The molecule has 0 aliphatic carbocycles. The minimum Gasteiger partial charge on any atom is -0.482 e. The van der Waals surface area contributed by atoms with Crippen molar-refractivity contribution in [3.8, 4) is 5.75 Å². The third-order valence-electron chi connectivity index (χ3n) is 2.73. The van der Waals surface area contributed by atoms with Gasteiger partial charge < -0.3 is 20.3 Å². The summed E-state index contributed by atoms with van der Waals surface area (Å²) in [6.45, 7) is 1.37. The average molecular weight is 251 g/mol. The Morgan fingerprint density at radius 2 is 2.28 bits per heavy atom. The Morgan fingerprint density at radius 1 is 1.56 bits per heavy atom. The van der Waals surface area contributed by atoms with Crippen LogP contribution in [0.2, 0.25) is 0 Å². The smallest absolute Gasteiger partial charge is 0.306 e. The molecule has 0 saturated carbocycles. The van der Waals surface area contributed by atoms with Crippen molar-refractivity contribution in [2.45, 2.75) is 18.9 Å². The van der Waals surface area contributed by atoms with Crippen molar-refractivity contribution < 1.29 is 24.5 Å². The summed E-state index contributed by atoms with van der Waals surface area (Å²) in [6, 6.07) is 4.70. The largest absolute Gasteiger partial charge is 0.482 e. The van der Waals surface area contributed by atoms with E-state index in [-0.39, 0.29) is 12.5 Å². The standard InChI is InChI=1S/C12H13NO5/c1-12(17,5-11(15)16)7-2-3-9-8(4-7)13-10(14)6-18-9/h2-4,17H,5-6H2,1H3,(H,13,14)(H,15,16). The predicted octanol–water partition coefficient (Wildman–Crippen LogP) is 0.700. The minimum atomic E-state index is -1.50. The Balaban J connectivity index is 2.33. The SMILES string of the molecule is CC(O)(CC(=O)O)c1ccc2c(c1)NC(=O)CO2. The van der Waals surface area contributed by atoms with Gasteiger partial charge in [0.05, 0.1) is 17.7 Å². The van der Waals surface area contributed by atoms with E-state index in [2.05, 4.69) is 5.32 Å². The molecule has 0 radical (unpaired) electrons. The van der Waals surface area contributed by atoms with Crippen LogP contribution in [0.1, 0.15) is 18.9 Å². The van der Waals surface area contributed by atoms with E-state index >= 15 is 0 Å². The van der Waals surface area contributed by atoms with Crippen molar-refractivity contribution in [1.82, 2.24) is 0 Å². The highest BCUT2D eigenvalue weighted by molar-refractivity contribution is 5.95. The molecule has 1 aliphatic rings. The van der Waals surface area contributed by atoms with Gasteiger partial charge >= 0.3 is 5.97 Å². The summed E-state index contributed by atoms with van der Waals surface area (Å²) >= 11 is 0. The lowest BCUT2D eigenvalue weighted by Gasteiger charge is -2.25. The second-order valence-electron chi connectivity index (χ2n) is 4.39. The zero-order valence-corrected chi connectivity index (χ0v) is 9.77. The van der Waals surface area contributed by atoms with Crippen molar-refractivity contribution in [2.24, 2.45) is 0 Å². The summed E-state index contributed by atoms with van der Waals surface area (Å²) in [5.74, 6) is -0.875. The van der Waals surface area contributed by atoms with E-state index < -0.39 is 18.0 Å². The van der Waals surface area contributed by atoms with Crippen molar-refractivity contribution in [3.63, 3.8) is 0 Å². The molecule has 1 amide bonds. The van der Waals surface area contributed by atoms with Crippen LogP contribution in [0.5, 0.6) is 5.75 Å². The molecular weight excluding hydrogens is 238 g/mol. The van der Waals surface area contributed by atoms with Crippen molar-refractivity contribution in [1.29, 1.82) is 0 Å². The van der Waals surface area contributed by atoms with Crippen LogP contribution in [0.25, 0.3) is 0 Å². The molecule has 1 unspecified atom stereocenters. The monoisotopic (exact) mass is 251 g/mol. The van der Waals surface area contributed by atoms with Gasteiger partial charge in [0.15, 0.2) is 6.61 Å². The third-order valence-corrected chi connectivity index (χ3v) is 2.73. The summed E-state index contributed by atoms with van der Waals surface area (Å²) in [5.41, 5.74) is -0.646. The fourth-order valence-corrected chi connectivity index (χ4v) is 1.81. The number of carbonyl (C=O) groups is 2. The molecule has 1 aliphatic heterocycles. The summed E-state index contributed by atoms with van der Waals surface area (Å²) in [4.78, 5) is 21.8. The lowest BCUT2D eigenvalue weighted by molar-refractivity contribution is -0.142. The highest BCUT2D eigenvalue weighted by atomic mass is 16.5. The fraction of sp³-hybridized carbons (Fsp3) is 0.333. The summed E-state index contributed by atoms with van der Waals surface area (Å²) in [7, 11) is 0. The van der Waals surface area contributed by atoms with Crippen LogP contribution in [-0.4, -0.2) is 28.7 Å². The van der Waals surface area contributed by atoms with Gasteiger partial charge in [-0.1, -0.05) is 6.07 Å². The van der Waals surface area contributed by atoms with Gasteiger partial charge in [-0.15, -0.1) is 0 Å². The number of carbonyl (C=O) groups excluding carboxylic acids is 1. The maximum Gasteiger partial charge on any atom is 0.306 e. The zero-order chi connectivity index (χ0) is 13.3. The van der Waals surface area contributed by atoms with Crippen LogP contribution in [-0.2, 0) is 15.2 Å². The highest BCUT2D eigenvalue weighted by Gasteiger charge is 2.28. The molecule has 0 bridgehead atoms. The number of ether oxygens (including phenoxy) is 1. The van der Waals surface area contributed by atoms with Gasteiger partial charge in [-0.25, -0.2) is 0 Å². The Kier molecular flexibility index (Phi) is 2.96. The van der Waals surface area contributed by atoms with Gasteiger partial charge in [-0.3, -0.25) is 9.59 Å². The number of rotatable bonds is 3. The topological polar surface area (TPSA) is 95.9 Å². The molecule has 6 heteroatoms. The Bertz CT molecular complexity index is 509. The molecule has 6 nitrogen and oxygen atoms in total.